The second kappa shape index (κ2) is 11.9. The van der Waals surface area contributed by atoms with Gasteiger partial charge in [0.15, 0.2) is 6.61 Å². The molecular formula is C28H40N2O3. The molecule has 1 atom stereocenters. The highest BCUT2D eigenvalue weighted by Gasteiger charge is 2.29. The summed E-state index contributed by atoms with van der Waals surface area (Å²) < 4.78 is 6.01. The lowest BCUT2D eigenvalue weighted by molar-refractivity contribution is -0.143. The topological polar surface area (TPSA) is 58.6 Å². The van der Waals surface area contributed by atoms with Gasteiger partial charge in [-0.3, -0.25) is 9.59 Å². The highest BCUT2D eigenvalue weighted by atomic mass is 16.5. The molecule has 0 saturated heterocycles. The average molecular weight is 453 g/mol. The Morgan fingerprint density at radius 1 is 1.03 bits per heavy atom. The molecule has 0 aliphatic rings. The van der Waals surface area contributed by atoms with Gasteiger partial charge in [0.25, 0.3) is 5.91 Å². The van der Waals surface area contributed by atoms with Crippen molar-refractivity contribution >= 4 is 11.8 Å². The lowest BCUT2D eigenvalue weighted by atomic mass is 9.86. The van der Waals surface area contributed by atoms with Gasteiger partial charge in [-0.25, -0.2) is 0 Å². The van der Waals surface area contributed by atoms with Crippen LogP contribution in [0.1, 0.15) is 64.7 Å². The smallest absolute Gasteiger partial charge is 0.261 e. The van der Waals surface area contributed by atoms with Crippen molar-refractivity contribution in [3.8, 4) is 5.75 Å². The average Bonchev–Trinajstić information content (AvgIpc) is 2.76. The SMILES string of the molecule is CC[C@@H](C(=O)NCC(C)C)N(Cc1ccc(C)cc1)C(=O)COc1ccccc1C(C)(C)C. The number of carbonyl (C=O) groups is 2. The number of hydrogen-bond donors (Lipinski definition) is 1. The molecule has 0 bridgehead atoms. The van der Waals surface area contributed by atoms with Crippen molar-refractivity contribution in [2.75, 3.05) is 13.2 Å². The quantitative estimate of drug-likeness (QED) is 0.536. The third-order valence-electron chi connectivity index (χ3n) is 5.59. The zero-order chi connectivity index (χ0) is 24.6. The first-order valence-electron chi connectivity index (χ1n) is 11.9. The number of carbonyl (C=O) groups excluding carboxylic acids is 2. The van der Waals surface area contributed by atoms with Crippen molar-refractivity contribution in [3.63, 3.8) is 0 Å². The summed E-state index contributed by atoms with van der Waals surface area (Å²) in [5, 5.41) is 2.99. The number of nitrogens with zero attached hydrogens (tertiary/aromatic N) is 1. The summed E-state index contributed by atoms with van der Waals surface area (Å²) in [6.45, 7) is 15.2. The number of rotatable bonds is 10. The standard InChI is InChI=1S/C28H40N2O3/c1-8-24(27(32)29-17-20(2)3)30(18-22-15-13-21(4)14-16-22)26(31)19-33-25-12-10-9-11-23(25)28(5,6)7/h9-16,20,24H,8,17-19H2,1-7H3,(H,29,32)/t24-/m0/s1. The first-order valence-corrected chi connectivity index (χ1v) is 11.9. The first kappa shape index (κ1) is 26.4. The molecule has 0 unspecified atom stereocenters. The van der Waals surface area contributed by atoms with E-state index in [1.807, 2.05) is 62.4 Å². The molecular weight excluding hydrogens is 412 g/mol. The van der Waals surface area contributed by atoms with Gasteiger partial charge in [0.2, 0.25) is 5.91 Å². The number of amides is 2. The fraction of sp³-hybridized carbons (Fsp3) is 0.500. The monoisotopic (exact) mass is 452 g/mol. The van der Waals surface area contributed by atoms with E-state index in [1.54, 1.807) is 4.90 Å². The molecule has 2 aromatic rings. The number of para-hydroxylation sites is 1. The molecule has 0 fully saturated rings. The molecule has 0 spiro atoms. The Bertz CT molecular complexity index is 913. The molecule has 5 heteroatoms. The van der Waals surface area contributed by atoms with Gasteiger partial charge < -0.3 is 15.0 Å². The van der Waals surface area contributed by atoms with E-state index in [2.05, 4.69) is 39.9 Å². The molecule has 2 rings (SSSR count). The molecule has 0 aliphatic carbocycles. The van der Waals surface area contributed by atoms with Crippen molar-refractivity contribution in [1.82, 2.24) is 10.2 Å². The van der Waals surface area contributed by atoms with Crippen LogP contribution in [0.25, 0.3) is 0 Å². The molecule has 0 aromatic heterocycles. The first-order chi connectivity index (χ1) is 15.5. The minimum absolute atomic E-state index is 0.107. The summed E-state index contributed by atoms with van der Waals surface area (Å²) in [6, 6.07) is 15.3. The normalized spacial score (nSPS) is 12.4. The Morgan fingerprint density at radius 3 is 2.24 bits per heavy atom. The van der Waals surface area contributed by atoms with E-state index < -0.39 is 6.04 Å². The molecule has 0 aliphatic heterocycles. The maximum Gasteiger partial charge on any atom is 0.261 e. The van der Waals surface area contributed by atoms with E-state index in [0.29, 0.717) is 31.2 Å². The molecule has 5 nitrogen and oxygen atoms in total. The predicted molar refractivity (Wildman–Crippen MR) is 134 cm³/mol. The van der Waals surface area contributed by atoms with Crippen molar-refractivity contribution in [3.05, 3.63) is 65.2 Å². The Morgan fingerprint density at radius 2 is 1.67 bits per heavy atom. The summed E-state index contributed by atoms with van der Waals surface area (Å²) >= 11 is 0. The second-order valence-electron chi connectivity index (χ2n) is 10.1. The van der Waals surface area contributed by atoms with Crippen LogP contribution in [0, 0.1) is 12.8 Å². The molecule has 2 amide bonds. The van der Waals surface area contributed by atoms with Gasteiger partial charge in [-0.1, -0.05) is 89.6 Å². The van der Waals surface area contributed by atoms with Gasteiger partial charge >= 0.3 is 0 Å². The Labute approximate surface area is 199 Å². The fourth-order valence-electron chi connectivity index (χ4n) is 3.67. The summed E-state index contributed by atoms with van der Waals surface area (Å²) in [5.41, 5.74) is 3.08. The maximum absolute atomic E-state index is 13.4. The van der Waals surface area contributed by atoms with E-state index in [0.717, 1.165) is 16.7 Å². The van der Waals surface area contributed by atoms with Crippen LogP contribution in [-0.2, 0) is 21.5 Å². The number of nitrogens with one attached hydrogen (secondary N) is 1. The van der Waals surface area contributed by atoms with Gasteiger partial charge in [0.1, 0.15) is 11.8 Å². The van der Waals surface area contributed by atoms with Crippen molar-refractivity contribution in [2.45, 2.75) is 72.9 Å². The van der Waals surface area contributed by atoms with Crippen molar-refractivity contribution in [1.29, 1.82) is 0 Å². The molecule has 0 heterocycles. The summed E-state index contributed by atoms with van der Waals surface area (Å²) in [4.78, 5) is 28.0. The highest BCUT2D eigenvalue weighted by molar-refractivity contribution is 5.88. The zero-order valence-corrected chi connectivity index (χ0v) is 21.3. The van der Waals surface area contributed by atoms with Crippen LogP contribution in [0.2, 0.25) is 0 Å². The number of aryl methyl sites for hydroxylation is 1. The number of ether oxygens (including phenoxy) is 1. The molecule has 2 aromatic carbocycles. The van der Waals surface area contributed by atoms with Gasteiger partial charge in [-0.2, -0.15) is 0 Å². The van der Waals surface area contributed by atoms with Gasteiger partial charge in [0, 0.05) is 13.1 Å². The van der Waals surface area contributed by atoms with Crippen LogP contribution >= 0.6 is 0 Å². The third kappa shape index (κ3) is 7.92. The maximum atomic E-state index is 13.4. The molecule has 33 heavy (non-hydrogen) atoms. The zero-order valence-electron chi connectivity index (χ0n) is 21.3. The summed E-state index contributed by atoms with van der Waals surface area (Å²) in [7, 11) is 0. The van der Waals surface area contributed by atoms with E-state index >= 15 is 0 Å². The summed E-state index contributed by atoms with van der Waals surface area (Å²) in [6.07, 6.45) is 0.528. The van der Waals surface area contributed by atoms with Gasteiger partial charge in [-0.05, 0) is 41.9 Å². The molecule has 180 valence electrons. The van der Waals surface area contributed by atoms with E-state index in [9.17, 15) is 9.59 Å². The number of hydrogen-bond acceptors (Lipinski definition) is 3. The van der Waals surface area contributed by atoms with E-state index in [1.165, 1.54) is 0 Å². The van der Waals surface area contributed by atoms with Crippen LogP contribution < -0.4 is 10.1 Å². The molecule has 1 N–H and O–H groups in total. The highest BCUT2D eigenvalue weighted by Crippen LogP contribution is 2.31. The van der Waals surface area contributed by atoms with Crippen LogP contribution in [0.15, 0.2) is 48.5 Å². The Balaban J connectivity index is 2.25. The lowest BCUT2D eigenvalue weighted by Crippen LogP contribution is -2.50. The van der Waals surface area contributed by atoms with E-state index in [-0.39, 0.29) is 23.8 Å². The Hall–Kier alpha value is -2.82. The third-order valence-corrected chi connectivity index (χ3v) is 5.59. The van der Waals surface area contributed by atoms with Crippen LogP contribution in [0.5, 0.6) is 5.75 Å². The predicted octanol–water partition coefficient (Wildman–Crippen LogP) is 5.25. The molecule has 0 saturated carbocycles. The van der Waals surface area contributed by atoms with Gasteiger partial charge in [0.05, 0.1) is 0 Å². The van der Waals surface area contributed by atoms with Crippen LogP contribution in [-0.4, -0.2) is 35.9 Å². The van der Waals surface area contributed by atoms with Crippen molar-refractivity contribution in [2.24, 2.45) is 5.92 Å². The van der Waals surface area contributed by atoms with Crippen molar-refractivity contribution < 1.29 is 14.3 Å². The lowest BCUT2D eigenvalue weighted by Gasteiger charge is -2.31. The Kier molecular flexibility index (Phi) is 9.51. The largest absolute Gasteiger partial charge is 0.483 e. The van der Waals surface area contributed by atoms with Crippen LogP contribution in [0.3, 0.4) is 0 Å². The number of benzene rings is 2. The van der Waals surface area contributed by atoms with E-state index in [4.69, 9.17) is 4.74 Å². The minimum atomic E-state index is -0.556. The molecule has 0 radical (unpaired) electrons. The van der Waals surface area contributed by atoms with Crippen LogP contribution in [0.4, 0.5) is 0 Å². The second-order valence-corrected chi connectivity index (χ2v) is 10.1. The fourth-order valence-corrected chi connectivity index (χ4v) is 3.67. The minimum Gasteiger partial charge on any atom is -0.483 e. The summed E-state index contributed by atoms with van der Waals surface area (Å²) in [5.74, 6) is 0.712. The van der Waals surface area contributed by atoms with Gasteiger partial charge in [-0.15, -0.1) is 0 Å².